The van der Waals surface area contributed by atoms with Crippen molar-refractivity contribution in [3.63, 3.8) is 0 Å². The monoisotopic (exact) mass is 126 g/mol. The van der Waals surface area contributed by atoms with Crippen LogP contribution in [0.5, 0.6) is 0 Å². The number of aliphatic imine (C=N–C) groups is 1. The molecule has 0 radical (unpaired) electrons. The zero-order chi connectivity index (χ0) is 6.69. The molecule has 0 saturated carbocycles. The SMILES string of the molecule is CN=C1CNN=C(C)N1. The third kappa shape index (κ3) is 1.42. The van der Waals surface area contributed by atoms with Gasteiger partial charge in [0.2, 0.25) is 0 Å². The van der Waals surface area contributed by atoms with E-state index in [0.29, 0.717) is 6.54 Å². The minimum Gasteiger partial charge on any atom is -0.330 e. The number of nitrogens with one attached hydrogen (secondary N) is 2. The zero-order valence-corrected chi connectivity index (χ0v) is 5.60. The first kappa shape index (κ1) is 6.07. The van der Waals surface area contributed by atoms with Gasteiger partial charge in [-0.15, -0.1) is 0 Å². The van der Waals surface area contributed by atoms with Gasteiger partial charge in [-0.3, -0.25) is 4.99 Å². The summed E-state index contributed by atoms with van der Waals surface area (Å²) in [4.78, 5) is 3.96. The molecule has 0 atom stereocenters. The van der Waals surface area contributed by atoms with Gasteiger partial charge in [-0.1, -0.05) is 0 Å². The molecule has 0 saturated heterocycles. The quantitative estimate of drug-likeness (QED) is 0.461. The van der Waals surface area contributed by atoms with E-state index in [2.05, 4.69) is 20.8 Å². The topological polar surface area (TPSA) is 48.8 Å². The van der Waals surface area contributed by atoms with E-state index in [4.69, 9.17) is 0 Å². The van der Waals surface area contributed by atoms with E-state index in [9.17, 15) is 0 Å². The molecule has 9 heavy (non-hydrogen) atoms. The number of hydrazone groups is 1. The summed E-state index contributed by atoms with van der Waals surface area (Å²) in [6.07, 6.45) is 0. The Labute approximate surface area is 54.1 Å². The van der Waals surface area contributed by atoms with Crippen LogP contribution < -0.4 is 10.7 Å². The van der Waals surface area contributed by atoms with Gasteiger partial charge in [-0.25, -0.2) is 0 Å². The minimum atomic E-state index is 0.702. The van der Waals surface area contributed by atoms with Gasteiger partial charge in [0, 0.05) is 7.05 Å². The maximum atomic E-state index is 3.96. The summed E-state index contributed by atoms with van der Waals surface area (Å²) in [5.74, 6) is 1.80. The Bertz CT molecular complexity index is 158. The lowest BCUT2D eigenvalue weighted by molar-refractivity contribution is 0.801. The predicted molar refractivity (Wildman–Crippen MR) is 37.6 cm³/mol. The van der Waals surface area contributed by atoms with Crippen molar-refractivity contribution in [1.29, 1.82) is 0 Å². The first-order valence-corrected chi connectivity index (χ1v) is 2.83. The van der Waals surface area contributed by atoms with E-state index in [1.165, 1.54) is 0 Å². The third-order valence-corrected chi connectivity index (χ3v) is 1.09. The normalized spacial score (nSPS) is 22.4. The Kier molecular flexibility index (Phi) is 1.67. The highest BCUT2D eigenvalue weighted by Crippen LogP contribution is 1.79. The lowest BCUT2D eigenvalue weighted by atomic mass is 10.5. The van der Waals surface area contributed by atoms with E-state index in [-0.39, 0.29) is 0 Å². The lowest BCUT2D eigenvalue weighted by Gasteiger charge is -2.13. The van der Waals surface area contributed by atoms with Gasteiger partial charge in [-0.05, 0) is 6.92 Å². The lowest BCUT2D eigenvalue weighted by Crippen LogP contribution is -2.41. The highest BCUT2D eigenvalue weighted by molar-refractivity contribution is 6.01. The van der Waals surface area contributed by atoms with Gasteiger partial charge in [0.1, 0.15) is 11.7 Å². The first-order valence-electron chi connectivity index (χ1n) is 2.83. The molecule has 4 heteroatoms. The highest BCUT2D eigenvalue weighted by Gasteiger charge is 2.02. The van der Waals surface area contributed by atoms with Crippen molar-refractivity contribution in [2.24, 2.45) is 10.1 Å². The Hall–Kier alpha value is -1.06. The Morgan fingerprint density at radius 1 is 1.67 bits per heavy atom. The van der Waals surface area contributed by atoms with Crippen LogP contribution >= 0.6 is 0 Å². The van der Waals surface area contributed by atoms with E-state index in [0.717, 1.165) is 11.7 Å². The summed E-state index contributed by atoms with van der Waals surface area (Å²) in [7, 11) is 1.75. The van der Waals surface area contributed by atoms with Crippen LogP contribution in [0.4, 0.5) is 0 Å². The number of rotatable bonds is 0. The molecule has 0 bridgehead atoms. The van der Waals surface area contributed by atoms with Crippen molar-refractivity contribution < 1.29 is 0 Å². The van der Waals surface area contributed by atoms with Crippen LogP contribution in [0, 0.1) is 0 Å². The molecule has 2 N–H and O–H groups in total. The largest absolute Gasteiger partial charge is 0.330 e. The molecule has 1 heterocycles. The van der Waals surface area contributed by atoms with E-state index < -0.39 is 0 Å². The van der Waals surface area contributed by atoms with Gasteiger partial charge >= 0.3 is 0 Å². The fraction of sp³-hybridized carbons (Fsp3) is 0.600. The van der Waals surface area contributed by atoms with E-state index in [1.807, 2.05) is 6.92 Å². The van der Waals surface area contributed by atoms with Gasteiger partial charge in [0.15, 0.2) is 0 Å². The van der Waals surface area contributed by atoms with Crippen LogP contribution in [0.15, 0.2) is 10.1 Å². The molecule has 0 amide bonds. The molecule has 0 fully saturated rings. The fourth-order valence-corrected chi connectivity index (χ4v) is 0.649. The molecule has 4 nitrogen and oxygen atoms in total. The molecular formula is C5H10N4. The third-order valence-electron chi connectivity index (χ3n) is 1.09. The summed E-state index contributed by atoms with van der Waals surface area (Å²) in [5, 5.41) is 6.91. The standard InChI is InChI=1S/C5H10N4/c1-4-8-5(6-2)3-7-9-4/h7H,3H2,1-2H3,(H,6,8,9). The minimum absolute atomic E-state index is 0.702. The average molecular weight is 126 g/mol. The van der Waals surface area contributed by atoms with E-state index >= 15 is 0 Å². The van der Waals surface area contributed by atoms with Crippen LogP contribution in [0.1, 0.15) is 6.92 Å². The molecule has 0 spiro atoms. The first-order chi connectivity index (χ1) is 4.33. The maximum Gasteiger partial charge on any atom is 0.124 e. The summed E-state index contributed by atoms with van der Waals surface area (Å²) >= 11 is 0. The van der Waals surface area contributed by atoms with Crippen molar-refractivity contribution in [3.05, 3.63) is 0 Å². The van der Waals surface area contributed by atoms with Gasteiger partial charge in [0.25, 0.3) is 0 Å². The number of nitrogens with zero attached hydrogens (tertiary/aromatic N) is 2. The molecule has 0 aromatic rings. The fourth-order valence-electron chi connectivity index (χ4n) is 0.649. The molecule has 0 aromatic carbocycles. The molecule has 0 aromatic heterocycles. The molecular weight excluding hydrogens is 116 g/mol. The van der Waals surface area contributed by atoms with Crippen LogP contribution in [-0.2, 0) is 0 Å². The summed E-state index contributed by atoms with van der Waals surface area (Å²) in [6, 6.07) is 0. The summed E-state index contributed by atoms with van der Waals surface area (Å²) in [6.45, 7) is 2.59. The second-order valence-electron chi connectivity index (χ2n) is 1.83. The molecule has 0 aliphatic carbocycles. The summed E-state index contributed by atoms with van der Waals surface area (Å²) < 4.78 is 0. The molecule has 1 aliphatic heterocycles. The van der Waals surface area contributed by atoms with Crippen LogP contribution in [0.25, 0.3) is 0 Å². The van der Waals surface area contributed by atoms with Crippen LogP contribution in [0.2, 0.25) is 0 Å². The Morgan fingerprint density at radius 2 is 2.44 bits per heavy atom. The van der Waals surface area contributed by atoms with E-state index in [1.54, 1.807) is 7.05 Å². The molecule has 0 unspecified atom stereocenters. The second-order valence-corrected chi connectivity index (χ2v) is 1.83. The average Bonchev–Trinajstić information content (AvgIpc) is 1.88. The van der Waals surface area contributed by atoms with Gasteiger partial charge in [-0.2, -0.15) is 5.10 Å². The predicted octanol–water partition coefficient (Wildman–Crippen LogP) is -0.459. The van der Waals surface area contributed by atoms with Crippen molar-refractivity contribution in [2.75, 3.05) is 13.6 Å². The van der Waals surface area contributed by atoms with Gasteiger partial charge in [0.05, 0.1) is 6.54 Å². The van der Waals surface area contributed by atoms with Crippen LogP contribution in [-0.4, -0.2) is 25.3 Å². The molecule has 1 rings (SSSR count). The van der Waals surface area contributed by atoms with Crippen molar-refractivity contribution >= 4 is 11.7 Å². The van der Waals surface area contributed by atoms with Gasteiger partial charge < -0.3 is 10.7 Å². The van der Waals surface area contributed by atoms with Crippen molar-refractivity contribution in [1.82, 2.24) is 10.7 Å². The van der Waals surface area contributed by atoms with Crippen molar-refractivity contribution in [2.45, 2.75) is 6.92 Å². The molecule has 1 aliphatic rings. The highest BCUT2D eigenvalue weighted by atomic mass is 15.4. The number of hydrogen-bond acceptors (Lipinski definition) is 3. The molecule has 50 valence electrons. The Morgan fingerprint density at radius 3 is 2.89 bits per heavy atom. The Balaban J connectivity index is 2.59. The smallest absolute Gasteiger partial charge is 0.124 e. The second kappa shape index (κ2) is 2.48. The number of amidine groups is 2. The summed E-state index contributed by atoms with van der Waals surface area (Å²) in [5.41, 5.74) is 2.83. The van der Waals surface area contributed by atoms with Crippen molar-refractivity contribution in [3.8, 4) is 0 Å². The van der Waals surface area contributed by atoms with Crippen LogP contribution in [0.3, 0.4) is 0 Å². The maximum absolute atomic E-state index is 3.96. The number of hydrogen-bond donors (Lipinski definition) is 2. The zero-order valence-electron chi connectivity index (χ0n) is 5.60.